The Bertz CT molecular complexity index is 741. The van der Waals surface area contributed by atoms with E-state index in [1.165, 1.54) is 12.1 Å². The van der Waals surface area contributed by atoms with Crippen molar-refractivity contribution in [2.45, 2.75) is 4.90 Å². The molecule has 2 rings (SSSR count). The first kappa shape index (κ1) is 18.8. The lowest BCUT2D eigenvalue weighted by Gasteiger charge is -2.10. The van der Waals surface area contributed by atoms with E-state index in [0.29, 0.717) is 11.4 Å². The smallest absolute Gasteiger partial charge is 0.298 e. The van der Waals surface area contributed by atoms with Crippen molar-refractivity contribution >= 4 is 21.5 Å². The SMILES string of the molecule is CN(C)C.Nc1ccc(Oc2ccc(N)cc2S(=O)(=O)O)cc1. The molecule has 0 unspecified atom stereocenters. The van der Waals surface area contributed by atoms with E-state index in [1.807, 2.05) is 26.0 Å². The maximum atomic E-state index is 11.3. The Labute approximate surface area is 136 Å². The average molecular weight is 339 g/mol. The topological polar surface area (TPSA) is 119 Å². The van der Waals surface area contributed by atoms with Crippen LogP contribution in [0.3, 0.4) is 0 Å². The van der Waals surface area contributed by atoms with Crippen molar-refractivity contribution in [3.8, 4) is 11.5 Å². The van der Waals surface area contributed by atoms with Gasteiger partial charge in [0.25, 0.3) is 10.1 Å². The van der Waals surface area contributed by atoms with Crippen LogP contribution in [0.15, 0.2) is 47.4 Å². The van der Waals surface area contributed by atoms with Gasteiger partial charge in [-0.25, -0.2) is 0 Å². The minimum Gasteiger partial charge on any atom is -0.456 e. The van der Waals surface area contributed by atoms with Crippen LogP contribution in [0.1, 0.15) is 0 Å². The molecular formula is C15H21N3O4S. The zero-order valence-electron chi connectivity index (χ0n) is 13.2. The zero-order chi connectivity index (χ0) is 17.6. The summed E-state index contributed by atoms with van der Waals surface area (Å²) >= 11 is 0. The summed E-state index contributed by atoms with van der Waals surface area (Å²) in [5.41, 5.74) is 11.8. The first-order valence-corrected chi connectivity index (χ1v) is 8.05. The van der Waals surface area contributed by atoms with Gasteiger partial charge in [0.2, 0.25) is 0 Å². The lowest BCUT2D eigenvalue weighted by Crippen LogP contribution is -2.02. The number of nitrogens with two attached hydrogens (primary N) is 2. The molecule has 0 amide bonds. The molecule has 2 aromatic rings. The molecule has 0 heterocycles. The second-order valence-electron chi connectivity index (χ2n) is 5.19. The maximum Gasteiger partial charge on any atom is 0.298 e. The summed E-state index contributed by atoms with van der Waals surface area (Å²) in [5.74, 6) is 0.380. The van der Waals surface area contributed by atoms with Crippen LogP contribution in [0.5, 0.6) is 11.5 Å². The number of rotatable bonds is 3. The summed E-state index contributed by atoms with van der Waals surface area (Å²) in [5, 5.41) is 0. The standard InChI is InChI=1S/C12H12N2O4S.C3H9N/c13-8-1-4-10(5-2-8)18-11-6-3-9(14)7-12(11)19(15,16)17;1-4(2)3/h1-7H,13-14H2,(H,15,16,17);1-3H3. The van der Waals surface area contributed by atoms with E-state index in [1.54, 1.807) is 24.3 Å². The molecule has 0 radical (unpaired) electrons. The molecule has 23 heavy (non-hydrogen) atoms. The summed E-state index contributed by atoms with van der Waals surface area (Å²) in [6.45, 7) is 0. The van der Waals surface area contributed by atoms with Crippen LogP contribution in [-0.4, -0.2) is 39.0 Å². The molecule has 0 saturated heterocycles. The zero-order valence-corrected chi connectivity index (χ0v) is 14.0. The van der Waals surface area contributed by atoms with Crippen LogP contribution in [0.4, 0.5) is 11.4 Å². The van der Waals surface area contributed by atoms with Gasteiger partial charge >= 0.3 is 0 Å². The van der Waals surface area contributed by atoms with Crippen LogP contribution in [-0.2, 0) is 10.1 Å². The Morgan fingerprint density at radius 2 is 1.43 bits per heavy atom. The Balaban J connectivity index is 0.000000593. The number of ether oxygens (including phenoxy) is 1. The highest BCUT2D eigenvalue weighted by atomic mass is 32.2. The number of hydrogen-bond donors (Lipinski definition) is 3. The molecule has 0 fully saturated rings. The summed E-state index contributed by atoms with van der Waals surface area (Å²) < 4.78 is 37.0. The molecular weight excluding hydrogens is 318 g/mol. The molecule has 0 atom stereocenters. The Morgan fingerprint density at radius 3 is 1.91 bits per heavy atom. The van der Waals surface area contributed by atoms with E-state index >= 15 is 0 Å². The summed E-state index contributed by atoms with van der Waals surface area (Å²) in [6, 6.07) is 10.4. The highest BCUT2D eigenvalue weighted by Gasteiger charge is 2.17. The van der Waals surface area contributed by atoms with Gasteiger partial charge in [0.05, 0.1) is 0 Å². The molecule has 8 heteroatoms. The molecule has 2 aromatic carbocycles. The summed E-state index contributed by atoms with van der Waals surface area (Å²) in [4.78, 5) is 1.62. The van der Waals surface area contributed by atoms with E-state index in [9.17, 15) is 8.42 Å². The van der Waals surface area contributed by atoms with Crippen LogP contribution in [0.25, 0.3) is 0 Å². The highest BCUT2D eigenvalue weighted by molar-refractivity contribution is 7.86. The molecule has 0 bridgehead atoms. The third kappa shape index (κ3) is 6.55. The molecule has 0 aliphatic rings. The quantitative estimate of drug-likeness (QED) is 0.578. The Hall–Kier alpha value is -2.29. The normalized spacial score (nSPS) is 10.8. The Kier molecular flexibility index (Phi) is 6.38. The number of benzene rings is 2. The fourth-order valence-corrected chi connectivity index (χ4v) is 2.12. The van der Waals surface area contributed by atoms with E-state index in [4.69, 9.17) is 20.8 Å². The lowest BCUT2D eigenvalue weighted by atomic mass is 10.3. The highest BCUT2D eigenvalue weighted by Crippen LogP contribution is 2.30. The molecule has 0 saturated carbocycles. The van der Waals surface area contributed by atoms with Crippen LogP contribution in [0, 0.1) is 0 Å². The van der Waals surface area contributed by atoms with Gasteiger partial charge in [0, 0.05) is 11.4 Å². The predicted octanol–water partition coefficient (Wildman–Crippen LogP) is 2.07. The lowest BCUT2D eigenvalue weighted by molar-refractivity contribution is 0.450. The van der Waals surface area contributed by atoms with Crippen LogP contribution >= 0.6 is 0 Å². The Morgan fingerprint density at radius 1 is 0.957 bits per heavy atom. The van der Waals surface area contributed by atoms with E-state index in [0.717, 1.165) is 6.07 Å². The maximum absolute atomic E-state index is 11.3. The van der Waals surface area contributed by atoms with Crippen molar-refractivity contribution in [1.29, 1.82) is 0 Å². The monoisotopic (exact) mass is 339 g/mol. The number of anilines is 2. The van der Waals surface area contributed by atoms with Crippen molar-refractivity contribution < 1.29 is 17.7 Å². The molecule has 5 N–H and O–H groups in total. The minimum absolute atomic E-state index is 0.0125. The van der Waals surface area contributed by atoms with Gasteiger partial charge in [-0.15, -0.1) is 0 Å². The molecule has 7 nitrogen and oxygen atoms in total. The van der Waals surface area contributed by atoms with Crippen LogP contribution in [0.2, 0.25) is 0 Å². The molecule has 126 valence electrons. The minimum atomic E-state index is -4.41. The number of hydrogen-bond acceptors (Lipinski definition) is 6. The van der Waals surface area contributed by atoms with Gasteiger partial charge < -0.3 is 21.1 Å². The van der Waals surface area contributed by atoms with Gasteiger partial charge in [-0.05, 0) is 63.6 Å². The fourth-order valence-electron chi connectivity index (χ4n) is 1.47. The van der Waals surface area contributed by atoms with Gasteiger partial charge in [-0.2, -0.15) is 8.42 Å². The second kappa shape index (κ2) is 7.82. The fraction of sp³-hybridized carbons (Fsp3) is 0.200. The number of nitrogens with zero attached hydrogens (tertiary/aromatic N) is 1. The summed E-state index contributed by atoms with van der Waals surface area (Å²) in [7, 11) is 1.59. The van der Waals surface area contributed by atoms with Gasteiger partial charge in [-0.3, -0.25) is 4.55 Å². The van der Waals surface area contributed by atoms with E-state index < -0.39 is 10.1 Å². The molecule has 0 spiro atoms. The molecule has 0 aliphatic heterocycles. The van der Waals surface area contributed by atoms with Crippen molar-refractivity contribution in [2.24, 2.45) is 0 Å². The van der Waals surface area contributed by atoms with Gasteiger partial charge in [0.15, 0.2) is 0 Å². The molecule has 0 aromatic heterocycles. The van der Waals surface area contributed by atoms with Crippen molar-refractivity contribution in [3.05, 3.63) is 42.5 Å². The van der Waals surface area contributed by atoms with Crippen LogP contribution < -0.4 is 16.2 Å². The average Bonchev–Trinajstić information content (AvgIpc) is 2.41. The second-order valence-corrected chi connectivity index (χ2v) is 6.58. The predicted molar refractivity (Wildman–Crippen MR) is 91.2 cm³/mol. The van der Waals surface area contributed by atoms with Gasteiger partial charge in [-0.1, -0.05) is 0 Å². The summed E-state index contributed by atoms with van der Waals surface area (Å²) in [6.07, 6.45) is 0. The molecule has 0 aliphatic carbocycles. The van der Waals surface area contributed by atoms with Crippen molar-refractivity contribution in [3.63, 3.8) is 0 Å². The first-order valence-electron chi connectivity index (χ1n) is 6.61. The van der Waals surface area contributed by atoms with E-state index in [-0.39, 0.29) is 16.3 Å². The van der Waals surface area contributed by atoms with Crippen molar-refractivity contribution in [2.75, 3.05) is 32.6 Å². The van der Waals surface area contributed by atoms with Gasteiger partial charge in [0.1, 0.15) is 16.4 Å². The largest absolute Gasteiger partial charge is 0.456 e. The van der Waals surface area contributed by atoms with E-state index in [2.05, 4.69) is 0 Å². The van der Waals surface area contributed by atoms with Crippen molar-refractivity contribution in [1.82, 2.24) is 4.90 Å². The third-order valence-corrected chi connectivity index (χ3v) is 3.23. The third-order valence-electron chi connectivity index (χ3n) is 2.35. The number of nitrogen functional groups attached to an aromatic ring is 2. The first-order chi connectivity index (χ1) is 10.6.